The van der Waals surface area contributed by atoms with Gasteiger partial charge in [0.2, 0.25) is 5.91 Å². The van der Waals surface area contributed by atoms with E-state index in [0.717, 1.165) is 5.56 Å². The first kappa shape index (κ1) is 16.3. The molecule has 0 spiro atoms. The second-order valence-corrected chi connectivity index (χ2v) is 5.39. The first-order valence-electron chi connectivity index (χ1n) is 6.33. The Morgan fingerprint density at radius 3 is 2.58 bits per heavy atom. The summed E-state index contributed by atoms with van der Waals surface area (Å²) in [4.78, 5) is 13.7. The summed E-state index contributed by atoms with van der Waals surface area (Å²) in [6.45, 7) is 6.45. The molecule has 0 aromatic heterocycles. The van der Waals surface area contributed by atoms with Gasteiger partial charge in [-0.05, 0) is 32.4 Å². The van der Waals surface area contributed by atoms with Gasteiger partial charge in [0.25, 0.3) is 0 Å². The van der Waals surface area contributed by atoms with E-state index in [4.69, 9.17) is 23.2 Å². The van der Waals surface area contributed by atoms with Crippen LogP contribution in [-0.4, -0.2) is 30.4 Å². The van der Waals surface area contributed by atoms with E-state index in [1.807, 2.05) is 32.9 Å². The normalized spacial score (nSPS) is 14.0. The highest BCUT2D eigenvalue weighted by molar-refractivity contribution is 6.42. The zero-order chi connectivity index (χ0) is 14.6. The molecule has 0 radical (unpaired) electrons. The molecule has 0 fully saturated rings. The first-order chi connectivity index (χ1) is 8.88. The SMILES string of the molecule is CCN(C)C(=O)C(C)NC(C)c1cccc(Cl)c1Cl. The fourth-order valence-corrected chi connectivity index (χ4v) is 2.35. The molecule has 1 N–H and O–H groups in total. The van der Waals surface area contributed by atoms with E-state index in [9.17, 15) is 4.79 Å². The van der Waals surface area contributed by atoms with Crippen LogP contribution in [0.3, 0.4) is 0 Å². The lowest BCUT2D eigenvalue weighted by Crippen LogP contribution is -2.43. The molecular weight excluding hydrogens is 283 g/mol. The van der Waals surface area contributed by atoms with Crippen molar-refractivity contribution in [2.75, 3.05) is 13.6 Å². The highest BCUT2D eigenvalue weighted by Crippen LogP contribution is 2.29. The van der Waals surface area contributed by atoms with Gasteiger partial charge in [-0.3, -0.25) is 10.1 Å². The Labute approximate surface area is 124 Å². The molecular formula is C14H20Cl2N2O. The van der Waals surface area contributed by atoms with Crippen LogP contribution in [0.2, 0.25) is 10.0 Å². The van der Waals surface area contributed by atoms with Gasteiger partial charge in [0, 0.05) is 19.6 Å². The van der Waals surface area contributed by atoms with Crippen molar-refractivity contribution >= 4 is 29.1 Å². The standard InChI is InChI=1S/C14H20Cl2N2O/c1-5-18(4)14(19)10(3)17-9(2)11-7-6-8-12(15)13(11)16/h6-10,17H,5H2,1-4H3. The Hall–Kier alpha value is -0.770. The van der Waals surface area contributed by atoms with Crippen LogP contribution >= 0.6 is 23.2 Å². The third kappa shape index (κ3) is 4.10. The zero-order valence-electron chi connectivity index (χ0n) is 11.7. The summed E-state index contributed by atoms with van der Waals surface area (Å²) in [5, 5.41) is 4.31. The van der Waals surface area contributed by atoms with Gasteiger partial charge < -0.3 is 4.90 Å². The quantitative estimate of drug-likeness (QED) is 0.903. The van der Waals surface area contributed by atoms with Gasteiger partial charge >= 0.3 is 0 Å². The maximum absolute atomic E-state index is 12.0. The fraction of sp³-hybridized carbons (Fsp3) is 0.500. The minimum Gasteiger partial charge on any atom is -0.345 e. The third-order valence-corrected chi connectivity index (χ3v) is 4.00. The van der Waals surface area contributed by atoms with E-state index < -0.39 is 0 Å². The minimum atomic E-state index is -0.269. The van der Waals surface area contributed by atoms with E-state index in [2.05, 4.69) is 5.32 Å². The van der Waals surface area contributed by atoms with Crippen molar-refractivity contribution in [3.05, 3.63) is 33.8 Å². The second kappa shape index (κ2) is 7.13. The van der Waals surface area contributed by atoms with Crippen LogP contribution in [0.25, 0.3) is 0 Å². The van der Waals surface area contributed by atoms with Gasteiger partial charge in [0.1, 0.15) is 0 Å². The minimum absolute atomic E-state index is 0.0459. The molecule has 2 unspecified atom stereocenters. The number of carbonyl (C=O) groups is 1. The number of nitrogens with one attached hydrogen (secondary N) is 1. The molecule has 1 amide bonds. The Morgan fingerprint density at radius 1 is 1.37 bits per heavy atom. The predicted molar refractivity (Wildman–Crippen MR) is 80.8 cm³/mol. The summed E-state index contributed by atoms with van der Waals surface area (Å²) in [6.07, 6.45) is 0. The van der Waals surface area contributed by atoms with E-state index in [0.29, 0.717) is 16.6 Å². The summed E-state index contributed by atoms with van der Waals surface area (Å²) in [7, 11) is 1.79. The molecule has 0 aliphatic carbocycles. The van der Waals surface area contributed by atoms with Crippen molar-refractivity contribution in [1.29, 1.82) is 0 Å². The van der Waals surface area contributed by atoms with Crippen LogP contribution in [0.4, 0.5) is 0 Å². The molecule has 1 aromatic rings. The zero-order valence-corrected chi connectivity index (χ0v) is 13.2. The Morgan fingerprint density at radius 2 is 2.00 bits per heavy atom. The number of hydrogen-bond acceptors (Lipinski definition) is 2. The molecule has 2 atom stereocenters. The highest BCUT2D eigenvalue weighted by Gasteiger charge is 2.20. The van der Waals surface area contributed by atoms with E-state index >= 15 is 0 Å². The molecule has 0 aliphatic rings. The molecule has 5 heteroatoms. The number of rotatable bonds is 5. The van der Waals surface area contributed by atoms with Gasteiger partial charge in [-0.2, -0.15) is 0 Å². The van der Waals surface area contributed by atoms with Crippen LogP contribution in [0.15, 0.2) is 18.2 Å². The molecule has 1 aromatic carbocycles. The number of amides is 1. The summed E-state index contributed by atoms with van der Waals surface area (Å²) in [6, 6.07) is 5.20. The van der Waals surface area contributed by atoms with Crippen LogP contribution in [0, 0.1) is 0 Å². The number of halogens is 2. The Bertz CT molecular complexity index is 451. The largest absolute Gasteiger partial charge is 0.345 e. The molecule has 106 valence electrons. The number of likely N-dealkylation sites (N-methyl/N-ethyl adjacent to an activating group) is 1. The average molecular weight is 303 g/mol. The van der Waals surface area contributed by atoms with E-state index in [1.165, 1.54) is 0 Å². The van der Waals surface area contributed by atoms with E-state index in [-0.39, 0.29) is 18.0 Å². The van der Waals surface area contributed by atoms with Crippen LogP contribution in [0.1, 0.15) is 32.4 Å². The van der Waals surface area contributed by atoms with Crippen molar-refractivity contribution in [1.82, 2.24) is 10.2 Å². The van der Waals surface area contributed by atoms with Crippen molar-refractivity contribution < 1.29 is 4.79 Å². The topological polar surface area (TPSA) is 32.3 Å². The Balaban J connectivity index is 2.77. The summed E-state index contributed by atoms with van der Waals surface area (Å²) in [5.74, 6) is 0.0625. The maximum Gasteiger partial charge on any atom is 0.239 e. The van der Waals surface area contributed by atoms with Crippen molar-refractivity contribution in [2.45, 2.75) is 32.9 Å². The molecule has 0 heterocycles. The molecule has 0 bridgehead atoms. The van der Waals surface area contributed by atoms with Crippen LogP contribution < -0.4 is 5.32 Å². The summed E-state index contributed by atoms with van der Waals surface area (Å²) < 4.78 is 0. The number of carbonyl (C=O) groups excluding carboxylic acids is 1. The van der Waals surface area contributed by atoms with Gasteiger partial charge in [0.15, 0.2) is 0 Å². The van der Waals surface area contributed by atoms with Gasteiger partial charge in [-0.25, -0.2) is 0 Å². The lowest BCUT2D eigenvalue weighted by molar-refractivity contribution is -0.131. The van der Waals surface area contributed by atoms with Crippen LogP contribution in [-0.2, 0) is 4.79 Å². The third-order valence-electron chi connectivity index (χ3n) is 3.17. The summed E-state index contributed by atoms with van der Waals surface area (Å²) in [5.41, 5.74) is 0.896. The monoisotopic (exact) mass is 302 g/mol. The van der Waals surface area contributed by atoms with Crippen molar-refractivity contribution in [3.63, 3.8) is 0 Å². The Kier molecular flexibility index (Phi) is 6.11. The number of hydrogen-bond donors (Lipinski definition) is 1. The fourth-order valence-electron chi connectivity index (χ4n) is 1.88. The van der Waals surface area contributed by atoms with Crippen molar-refractivity contribution in [2.24, 2.45) is 0 Å². The second-order valence-electron chi connectivity index (χ2n) is 4.61. The molecule has 1 rings (SSSR count). The molecule has 19 heavy (non-hydrogen) atoms. The first-order valence-corrected chi connectivity index (χ1v) is 7.09. The van der Waals surface area contributed by atoms with E-state index in [1.54, 1.807) is 18.0 Å². The molecule has 3 nitrogen and oxygen atoms in total. The lowest BCUT2D eigenvalue weighted by atomic mass is 10.1. The molecule has 0 saturated heterocycles. The number of benzene rings is 1. The van der Waals surface area contributed by atoms with Gasteiger partial charge in [-0.1, -0.05) is 35.3 Å². The van der Waals surface area contributed by atoms with Crippen LogP contribution in [0.5, 0.6) is 0 Å². The maximum atomic E-state index is 12.0. The smallest absolute Gasteiger partial charge is 0.239 e. The predicted octanol–water partition coefficient (Wildman–Crippen LogP) is 3.51. The average Bonchev–Trinajstić information content (AvgIpc) is 2.39. The van der Waals surface area contributed by atoms with Gasteiger partial charge in [0.05, 0.1) is 16.1 Å². The van der Waals surface area contributed by atoms with Gasteiger partial charge in [-0.15, -0.1) is 0 Å². The highest BCUT2D eigenvalue weighted by atomic mass is 35.5. The summed E-state index contributed by atoms with van der Waals surface area (Å²) >= 11 is 12.2. The lowest BCUT2D eigenvalue weighted by Gasteiger charge is -2.24. The number of nitrogens with zero attached hydrogens (tertiary/aromatic N) is 1. The molecule has 0 saturated carbocycles. The molecule has 0 aliphatic heterocycles. The van der Waals surface area contributed by atoms with Crippen molar-refractivity contribution in [3.8, 4) is 0 Å².